The van der Waals surface area contributed by atoms with E-state index in [1.54, 1.807) is 0 Å². The first kappa shape index (κ1) is 15.9. The Morgan fingerprint density at radius 1 is 1.40 bits per heavy atom. The summed E-state index contributed by atoms with van der Waals surface area (Å²) in [5.74, 6) is 1.90. The predicted molar refractivity (Wildman–Crippen MR) is 91.0 cm³/mol. The van der Waals surface area contributed by atoms with Crippen molar-refractivity contribution in [3.63, 3.8) is 0 Å². The fourth-order valence-electron chi connectivity index (χ4n) is 2.46. The largest absolute Gasteiger partial charge is 0.369 e. The molecule has 1 aromatic heterocycles. The molecule has 112 valence electrons. The van der Waals surface area contributed by atoms with Crippen molar-refractivity contribution in [2.24, 2.45) is 0 Å². The fourth-order valence-corrected chi connectivity index (χ4v) is 2.91. The van der Waals surface area contributed by atoms with Crippen LogP contribution in [-0.4, -0.2) is 60.0 Å². The molecule has 0 saturated carbocycles. The normalized spacial score (nSPS) is 21.7. The summed E-state index contributed by atoms with van der Waals surface area (Å²) in [5.41, 5.74) is 0. The van der Waals surface area contributed by atoms with Crippen LogP contribution in [0.4, 0.5) is 5.82 Å². The number of rotatable bonds is 4. The van der Waals surface area contributed by atoms with Crippen LogP contribution in [-0.2, 0) is 0 Å². The molecule has 0 amide bonds. The van der Waals surface area contributed by atoms with Gasteiger partial charge in [-0.2, -0.15) is 0 Å². The molecule has 1 aliphatic rings. The molecule has 2 rings (SSSR count). The Morgan fingerprint density at radius 2 is 2.20 bits per heavy atom. The first-order valence-electron chi connectivity index (χ1n) is 7.27. The molecular weight excluding hydrogens is 365 g/mol. The zero-order valence-corrected chi connectivity index (χ0v) is 14.7. The molecule has 6 heteroatoms. The van der Waals surface area contributed by atoms with Crippen molar-refractivity contribution < 1.29 is 0 Å². The third-order valence-corrected chi connectivity index (χ3v) is 4.46. The lowest BCUT2D eigenvalue weighted by atomic mass is 10.2. The number of halogens is 1. The van der Waals surface area contributed by atoms with Gasteiger partial charge in [0.25, 0.3) is 0 Å². The Balaban J connectivity index is 2.21. The van der Waals surface area contributed by atoms with Gasteiger partial charge in [0.2, 0.25) is 0 Å². The molecule has 1 aliphatic heterocycles. The minimum atomic E-state index is 0.279. The van der Waals surface area contributed by atoms with Crippen molar-refractivity contribution in [1.29, 1.82) is 0 Å². The van der Waals surface area contributed by atoms with E-state index in [0.29, 0.717) is 0 Å². The van der Waals surface area contributed by atoms with Crippen LogP contribution >= 0.6 is 22.6 Å². The summed E-state index contributed by atoms with van der Waals surface area (Å²) in [7, 11) is 4.35. The van der Waals surface area contributed by atoms with Gasteiger partial charge in [-0.05, 0) is 62.6 Å². The Morgan fingerprint density at radius 3 is 2.95 bits per heavy atom. The van der Waals surface area contributed by atoms with Crippen LogP contribution in [0.5, 0.6) is 0 Å². The van der Waals surface area contributed by atoms with Crippen molar-refractivity contribution in [1.82, 2.24) is 19.8 Å². The van der Waals surface area contributed by atoms with Gasteiger partial charge in [-0.25, -0.2) is 9.97 Å². The Hall–Kier alpha value is -0.470. The van der Waals surface area contributed by atoms with Gasteiger partial charge in [0, 0.05) is 19.3 Å². The highest BCUT2D eigenvalue weighted by Crippen LogP contribution is 2.23. The predicted octanol–water partition coefficient (Wildman–Crippen LogP) is 2.21. The summed E-state index contributed by atoms with van der Waals surface area (Å²) in [6.45, 7) is 6.35. The Labute approximate surface area is 135 Å². The molecule has 0 aromatic carbocycles. The third kappa shape index (κ3) is 4.02. The number of likely N-dealkylation sites (N-methyl/N-ethyl adjacent to an activating group) is 2. The van der Waals surface area contributed by atoms with Gasteiger partial charge in [0.05, 0.1) is 9.61 Å². The van der Waals surface area contributed by atoms with Crippen molar-refractivity contribution in [2.75, 3.05) is 45.6 Å². The molecule has 0 spiro atoms. The van der Waals surface area contributed by atoms with Crippen LogP contribution in [0.3, 0.4) is 0 Å². The topological polar surface area (TPSA) is 44.3 Å². The molecule has 0 bridgehead atoms. The lowest BCUT2D eigenvalue weighted by Gasteiger charge is -2.26. The average molecular weight is 389 g/mol. The maximum absolute atomic E-state index is 4.76. The lowest BCUT2D eigenvalue weighted by molar-refractivity contribution is 0.219. The molecule has 1 atom stereocenters. The van der Waals surface area contributed by atoms with E-state index in [-0.39, 0.29) is 6.04 Å². The van der Waals surface area contributed by atoms with E-state index in [0.717, 1.165) is 47.8 Å². The molecule has 1 fully saturated rings. The molecule has 5 nitrogen and oxygen atoms in total. The molecule has 1 N–H and O–H groups in total. The van der Waals surface area contributed by atoms with E-state index in [1.165, 1.54) is 6.42 Å². The van der Waals surface area contributed by atoms with Crippen LogP contribution in [0.15, 0.2) is 6.20 Å². The third-order valence-electron chi connectivity index (χ3n) is 3.67. The molecule has 1 unspecified atom stereocenters. The maximum atomic E-state index is 4.76. The molecule has 0 aliphatic carbocycles. The second kappa shape index (κ2) is 7.51. The summed E-state index contributed by atoms with van der Waals surface area (Å²) >= 11 is 2.29. The highest BCUT2D eigenvalue weighted by molar-refractivity contribution is 14.1. The zero-order chi connectivity index (χ0) is 14.5. The van der Waals surface area contributed by atoms with E-state index in [9.17, 15) is 0 Å². The van der Waals surface area contributed by atoms with Crippen LogP contribution in [0.1, 0.15) is 31.6 Å². The first-order valence-corrected chi connectivity index (χ1v) is 8.34. The summed E-state index contributed by atoms with van der Waals surface area (Å²) < 4.78 is 1.09. The molecule has 0 radical (unpaired) electrons. The maximum Gasteiger partial charge on any atom is 0.149 e. The summed E-state index contributed by atoms with van der Waals surface area (Å²) in [5, 5.41) is 3.39. The summed E-state index contributed by atoms with van der Waals surface area (Å²) in [6.07, 6.45) is 4.23. The van der Waals surface area contributed by atoms with Gasteiger partial charge >= 0.3 is 0 Å². The van der Waals surface area contributed by atoms with E-state index < -0.39 is 0 Å². The van der Waals surface area contributed by atoms with E-state index in [1.807, 2.05) is 6.20 Å². The fraction of sp³-hybridized carbons (Fsp3) is 0.714. The molecule has 20 heavy (non-hydrogen) atoms. The van der Waals surface area contributed by atoms with Crippen LogP contribution < -0.4 is 5.32 Å². The van der Waals surface area contributed by atoms with Crippen LogP contribution in [0.2, 0.25) is 0 Å². The van der Waals surface area contributed by atoms with Crippen LogP contribution in [0.25, 0.3) is 0 Å². The number of hydrogen-bond donors (Lipinski definition) is 1. The summed E-state index contributed by atoms with van der Waals surface area (Å²) in [4.78, 5) is 14.1. The lowest BCUT2D eigenvalue weighted by Crippen LogP contribution is -2.32. The highest BCUT2D eigenvalue weighted by atomic mass is 127. The second-order valence-electron chi connectivity index (χ2n) is 5.46. The van der Waals surface area contributed by atoms with E-state index >= 15 is 0 Å². The molecule has 1 saturated heterocycles. The van der Waals surface area contributed by atoms with Crippen LogP contribution in [0, 0.1) is 3.57 Å². The van der Waals surface area contributed by atoms with E-state index in [2.05, 4.69) is 63.7 Å². The van der Waals surface area contributed by atoms with Gasteiger partial charge in [-0.3, -0.25) is 4.90 Å². The van der Waals surface area contributed by atoms with Gasteiger partial charge < -0.3 is 10.2 Å². The van der Waals surface area contributed by atoms with Gasteiger partial charge in [0.1, 0.15) is 11.6 Å². The Kier molecular flexibility index (Phi) is 5.98. The van der Waals surface area contributed by atoms with E-state index in [4.69, 9.17) is 4.98 Å². The van der Waals surface area contributed by atoms with Crippen molar-refractivity contribution in [3.05, 3.63) is 15.6 Å². The monoisotopic (exact) mass is 389 g/mol. The number of hydrogen-bond acceptors (Lipinski definition) is 5. The minimum absolute atomic E-state index is 0.279. The molecule has 1 aromatic rings. The smallest absolute Gasteiger partial charge is 0.149 e. The average Bonchev–Trinajstić information content (AvgIpc) is 2.59. The Bertz CT molecular complexity index is 440. The minimum Gasteiger partial charge on any atom is -0.369 e. The first-order chi connectivity index (χ1) is 9.61. The van der Waals surface area contributed by atoms with Crippen molar-refractivity contribution in [3.8, 4) is 0 Å². The standard InChI is InChI=1S/C14H24IN5/c1-4-6-16-13-11(15)9-17-14(18-13)12-10-19(2)7-5-8-20(12)3/h9,12H,4-8,10H2,1-3H3,(H,16,17,18). The quantitative estimate of drug-likeness (QED) is 0.801. The number of nitrogens with one attached hydrogen (secondary N) is 1. The molecule has 2 heterocycles. The van der Waals surface area contributed by atoms with Gasteiger partial charge in [-0.1, -0.05) is 6.92 Å². The van der Waals surface area contributed by atoms with Crippen molar-refractivity contribution in [2.45, 2.75) is 25.8 Å². The number of aromatic nitrogens is 2. The SMILES string of the molecule is CCCNc1nc(C2CN(C)CCCN2C)ncc1I. The zero-order valence-electron chi connectivity index (χ0n) is 12.6. The van der Waals surface area contributed by atoms with Crippen molar-refractivity contribution >= 4 is 28.4 Å². The second-order valence-corrected chi connectivity index (χ2v) is 6.63. The number of anilines is 1. The van der Waals surface area contributed by atoms with Gasteiger partial charge in [0.15, 0.2) is 0 Å². The van der Waals surface area contributed by atoms with Gasteiger partial charge in [-0.15, -0.1) is 0 Å². The molecular formula is C14H24IN5. The number of nitrogens with zero attached hydrogens (tertiary/aromatic N) is 4. The summed E-state index contributed by atoms with van der Waals surface area (Å²) in [6, 6.07) is 0.279. The highest BCUT2D eigenvalue weighted by Gasteiger charge is 2.24.